The Morgan fingerprint density at radius 1 is 0.590 bits per heavy atom. The van der Waals surface area contributed by atoms with Crippen LogP contribution in [0.4, 0.5) is 29.2 Å². The maximum atomic E-state index is 15.0. The lowest BCUT2D eigenvalue weighted by atomic mass is 10.1. The summed E-state index contributed by atoms with van der Waals surface area (Å²) < 4.78 is 80.5. The number of nitrogens with zero attached hydrogens (tertiary/aromatic N) is 4. The van der Waals surface area contributed by atoms with Crippen LogP contribution < -0.4 is 22.8 Å². The molecule has 2 aliphatic heterocycles. The zero-order chi connectivity index (χ0) is 57.0. The maximum absolute atomic E-state index is 15.0. The van der Waals surface area contributed by atoms with Crippen molar-refractivity contribution in [3.8, 4) is 0 Å². The van der Waals surface area contributed by atoms with Crippen molar-refractivity contribution in [1.29, 1.82) is 0 Å². The number of aromatic nitrogens is 4. The predicted molar refractivity (Wildman–Crippen MR) is 294 cm³/mol. The molecule has 0 aliphatic carbocycles. The molecule has 2 aromatic heterocycles. The molecule has 0 saturated carbocycles. The molecule has 0 bridgehead atoms. The quantitative estimate of drug-likeness (QED) is 0.0231. The van der Waals surface area contributed by atoms with Crippen LogP contribution in [0.5, 0.6) is 0 Å². The second-order valence-electron chi connectivity index (χ2n) is 17.9. The smallest absolute Gasteiger partial charge is 0.351 e. The van der Waals surface area contributed by atoms with E-state index in [1.54, 1.807) is 0 Å². The zero-order valence-electron chi connectivity index (χ0n) is 44.7. The minimum absolute atomic E-state index is 0.0763. The molecule has 2 aromatic rings. The van der Waals surface area contributed by atoms with Crippen molar-refractivity contribution >= 4 is 23.6 Å². The van der Waals surface area contributed by atoms with Crippen LogP contribution in [-0.2, 0) is 28.5 Å². The molecule has 20 heteroatoms. The van der Waals surface area contributed by atoms with Crippen molar-refractivity contribution in [2.24, 2.45) is 0 Å². The highest BCUT2D eigenvalue weighted by Gasteiger charge is 2.62. The molecular formula is C58H78F4N6O10. The number of hydrogen-bond acceptors (Lipinski definition) is 14. The topological polar surface area (TPSA) is 233 Å². The van der Waals surface area contributed by atoms with E-state index < -0.39 is 85.2 Å². The third kappa shape index (κ3) is 23.9. The van der Waals surface area contributed by atoms with Crippen LogP contribution in [0.15, 0.2) is 156 Å². The Morgan fingerprint density at radius 2 is 0.949 bits per heavy atom. The van der Waals surface area contributed by atoms with E-state index in [0.29, 0.717) is 34.8 Å². The summed E-state index contributed by atoms with van der Waals surface area (Å²) in [5, 5.41) is 19.5. The molecule has 0 aromatic carbocycles. The second kappa shape index (κ2) is 37.1. The van der Waals surface area contributed by atoms with Crippen LogP contribution in [-0.4, -0.2) is 90.7 Å². The Kier molecular flexibility index (Phi) is 31.2. The SMILES string of the molecule is CC/C=C\C/C=C/C/C=C/C/C=C/C/C=C/CCCC(=O)OC1C(CO)OC(n2ccc(N)nc2=O)C1(F)F.CC/C=C\C/C=C/C/C=C/C/C=C/C/C=C/CCCC(=O)OCC1OC(n2ccc(N)nc2=O)C(F)(F)C1O. The monoisotopic (exact) mass is 1090 g/mol. The first-order chi connectivity index (χ1) is 37.6. The summed E-state index contributed by atoms with van der Waals surface area (Å²) in [6.45, 7) is 2.85. The number of anilines is 2. The summed E-state index contributed by atoms with van der Waals surface area (Å²) in [5.74, 6) is -9.25. The van der Waals surface area contributed by atoms with Crippen molar-refractivity contribution in [1.82, 2.24) is 19.1 Å². The zero-order valence-corrected chi connectivity index (χ0v) is 44.7. The molecule has 2 aliphatic rings. The minimum Gasteiger partial charge on any atom is -0.463 e. The van der Waals surface area contributed by atoms with Gasteiger partial charge in [0.25, 0.3) is 0 Å². The number of allylic oxidation sites excluding steroid dienone is 20. The predicted octanol–water partition coefficient (Wildman–Crippen LogP) is 10.4. The number of nitrogen functional groups attached to an aromatic ring is 2. The van der Waals surface area contributed by atoms with Crippen molar-refractivity contribution in [3.63, 3.8) is 0 Å². The number of unbranched alkanes of at least 4 members (excludes halogenated alkanes) is 2. The van der Waals surface area contributed by atoms with Gasteiger partial charge in [0.2, 0.25) is 12.5 Å². The number of alkyl halides is 4. The van der Waals surface area contributed by atoms with Gasteiger partial charge < -0.3 is 40.6 Å². The van der Waals surface area contributed by atoms with Gasteiger partial charge in [0.15, 0.2) is 12.2 Å². The van der Waals surface area contributed by atoms with Crippen molar-refractivity contribution < 1.29 is 56.3 Å². The second-order valence-corrected chi connectivity index (χ2v) is 17.9. The lowest BCUT2D eigenvalue weighted by molar-refractivity contribution is -0.176. The van der Waals surface area contributed by atoms with Gasteiger partial charge in [0.05, 0.1) is 6.61 Å². The largest absolute Gasteiger partial charge is 0.463 e. The molecule has 6 unspecified atom stereocenters. The van der Waals surface area contributed by atoms with Gasteiger partial charge in [-0.25, -0.2) is 9.59 Å². The van der Waals surface area contributed by atoms with E-state index in [2.05, 4.69) is 121 Å². The number of ether oxygens (including phenoxy) is 4. The standard InChI is InChI=1S/2C29H39F2N3O5/c1-2-3-4-5-6-7-8-9-10-11-12-13-14-15-16-17-18-19-25(35)38-22-23-26(36)29(30,31)27(39-23)34-21-20-24(32)33-28(34)37;1-2-3-4-5-6-7-8-9-10-11-12-13-14-15-16-17-18-19-25(36)39-26-23(22-35)38-27(29(26,30)31)34-21-20-24(32)33-28(34)37/h3-4,6-7,9-10,12-13,15-16,20-21,23,26-27,36H,2,5,8,11,14,17-19,22H2,1H3,(H2,32,33,37);3-4,6-7,9-10,12-13,15-16,20-21,23,26-27,35H,2,5,8,11,14,17-19,22H2,1H3,(H2,32,33,37)/b2*4-3-,7-6+,10-9+,13-12+,16-15+. The number of rotatable bonds is 32. The molecule has 0 radical (unpaired) electrons. The normalized spacial score (nSPS) is 21.4. The molecule has 6 atom stereocenters. The molecular weight excluding hydrogens is 1020 g/mol. The van der Waals surface area contributed by atoms with Gasteiger partial charge in [-0.3, -0.25) is 18.7 Å². The van der Waals surface area contributed by atoms with Crippen LogP contribution in [0, 0.1) is 0 Å². The number of carbonyl (C=O) groups excluding carboxylic acids is 2. The first kappa shape index (κ1) is 65.5. The van der Waals surface area contributed by atoms with Crippen LogP contribution in [0.2, 0.25) is 0 Å². The van der Waals surface area contributed by atoms with Gasteiger partial charge in [0.1, 0.15) is 30.5 Å². The fraction of sp³-hybridized carbons (Fsp3) is 0.483. The molecule has 2 saturated heterocycles. The number of nitrogens with two attached hydrogens (primary N) is 2. The van der Waals surface area contributed by atoms with Gasteiger partial charge in [-0.2, -0.15) is 27.5 Å². The van der Waals surface area contributed by atoms with Crippen LogP contribution in [0.25, 0.3) is 0 Å². The number of aliphatic hydroxyl groups is 2. The molecule has 16 nitrogen and oxygen atoms in total. The van der Waals surface area contributed by atoms with E-state index in [-0.39, 0.29) is 24.5 Å². The molecule has 2 fully saturated rings. The Labute approximate surface area is 454 Å². The summed E-state index contributed by atoms with van der Waals surface area (Å²) in [6.07, 6.45) is 43.9. The Morgan fingerprint density at radius 3 is 1.33 bits per heavy atom. The summed E-state index contributed by atoms with van der Waals surface area (Å²) in [7, 11) is 0. The first-order valence-corrected chi connectivity index (χ1v) is 26.5. The highest BCUT2D eigenvalue weighted by Crippen LogP contribution is 2.44. The lowest BCUT2D eigenvalue weighted by Crippen LogP contribution is -2.44. The van der Waals surface area contributed by atoms with Gasteiger partial charge in [-0.1, -0.05) is 135 Å². The van der Waals surface area contributed by atoms with Crippen molar-refractivity contribution in [2.75, 3.05) is 24.7 Å². The van der Waals surface area contributed by atoms with E-state index in [1.807, 2.05) is 24.3 Å². The van der Waals surface area contributed by atoms with Crippen LogP contribution in [0.3, 0.4) is 0 Å². The number of aliphatic hydroxyl groups excluding tert-OH is 2. The molecule has 0 amide bonds. The van der Waals surface area contributed by atoms with Gasteiger partial charge in [-0.15, -0.1) is 0 Å². The average Bonchev–Trinajstić information content (AvgIpc) is 3.87. The Bertz CT molecular complexity index is 2530. The molecule has 4 rings (SSSR count). The van der Waals surface area contributed by atoms with Crippen molar-refractivity contribution in [2.45, 2.75) is 165 Å². The van der Waals surface area contributed by atoms with Crippen LogP contribution in [0.1, 0.15) is 129 Å². The van der Waals surface area contributed by atoms with Crippen LogP contribution >= 0.6 is 0 Å². The van der Waals surface area contributed by atoms with Gasteiger partial charge in [0, 0.05) is 25.2 Å². The lowest BCUT2D eigenvalue weighted by Gasteiger charge is -2.24. The van der Waals surface area contributed by atoms with E-state index in [4.69, 9.17) is 30.4 Å². The molecule has 4 heterocycles. The minimum atomic E-state index is -3.79. The fourth-order valence-corrected chi connectivity index (χ4v) is 7.49. The summed E-state index contributed by atoms with van der Waals surface area (Å²) in [5.41, 5.74) is 8.70. The number of hydrogen-bond donors (Lipinski definition) is 4. The average molecular weight is 1100 g/mol. The van der Waals surface area contributed by atoms with E-state index in [9.17, 15) is 38.2 Å². The summed E-state index contributed by atoms with van der Waals surface area (Å²) in [4.78, 5) is 54.9. The summed E-state index contributed by atoms with van der Waals surface area (Å²) >= 11 is 0. The highest BCUT2D eigenvalue weighted by molar-refractivity contribution is 5.70. The van der Waals surface area contributed by atoms with Gasteiger partial charge >= 0.3 is 35.2 Å². The molecule has 0 spiro atoms. The summed E-state index contributed by atoms with van der Waals surface area (Å²) in [6, 6.07) is 2.33. The molecule has 428 valence electrons. The highest BCUT2D eigenvalue weighted by atomic mass is 19.3. The number of carbonyl (C=O) groups is 2. The van der Waals surface area contributed by atoms with E-state index >= 15 is 8.78 Å². The van der Waals surface area contributed by atoms with Gasteiger partial charge in [-0.05, 0) is 102 Å². The molecule has 78 heavy (non-hydrogen) atoms. The number of esters is 2. The molecule has 6 N–H and O–H groups in total. The third-order valence-corrected chi connectivity index (χ3v) is 11.6. The fourth-order valence-electron chi connectivity index (χ4n) is 7.49. The third-order valence-electron chi connectivity index (χ3n) is 11.6. The number of halogens is 4. The van der Waals surface area contributed by atoms with E-state index in [0.717, 1.165) is 82.7 Å². The Hall–Kier alpha value is -6.74. The van der Waals surface area contributed by atoms with E-state index in [1.165, 1.54) is 6.07 Å². The maximum Gasteiger partial charge on any atom is 0.351 e. The Balaban J connectivity index is 0.000000410. The first-order valence-electron chi connectivity index (χ1n) is 26.5. The van der Waals surface area contributed by atoms with Crippen molar-refractivity contribution in [3.05, 3.63) is 167 Å².